The minimum absolute atomic E-state index is 0.0886. The maximum atomic E-state index is 13.0. The molecule has 0 fully saturated rings. The predicted octanol–water partition coefficient (Wildman–Crippen LogP) is 4.40. The van der Waals surface area contributed by atoms with E-state index in [1.165, 1.54) is 18.3 Å². The molecule has 0 atom stereocenters. The topological polar surface area (TPSA) is 29.1 Å². The van der Waals surface area contributed by atoms with Gasteiger partial charge in [-0.3, -0.25) is 4.79 Å². The summed E-state index contributed by atoms with van der Waals surface area (Å²) in [5.41, 5.74) is 1.33. The number of benzene rings is 2. The molecule has 0 saturated heterocycles. The molecule has 0 unspecified atom stereocenters. The third-order valence-electron chi connectivity index (χ3n) is 2.46. The van der Waals surface area contributed by atoms with E-state index in [0.717, 1.165) is 0 Å². The molecule has 0 amide bonds. The number of ketones is 1. The van der Waals surface area contributed by atoms with Crippen molar-refractivity contribution in [1.29, 1.82) is 0 Å². The van der Waals surface area contributed by atoms with Crippen LogP contribution in [0.3, 0.4) is 0 Å². The van der Waals surface area contributed by atoms with Crippen molar-refractivity contribution in [2.75, 3.05) is 5.32 Å². The molecular formula is C15H11BrFNO. The summed E-state index contributed by atoms with van der Waals surface area (Å²) < 4.78 is 13.4. The van der Waals surface area contributed by atoms with Crippen LogP contribution >= 0.6 is 15.9 Å². The fraction of sp³-hybridized carbons (Fsp3) is 0. The smallest absolute Gasteiger partial charge is 0.187 e. The maximum Gasteiger partial charge on any atom is 0.187 e. The minimum atomic E-state index is -0.324. The van der Waals surface area contributed by atoms with E-state index in [1.807, 2.05) is 18.2 Å². The number of carbonyl (C=O) groups is 1. The summed E-state index contributed by atoms with van der Waals surface area (Å²) in [5.74, 6) is -0.413. The van der Waals surface area contributed by atoms with E-state index >= 15 is 0 Å². The normalized spacial score (nSPS) is 10.6. The van der Waals surface area contributed by atoms with Gasteiger partial charge in [0.05, 0.1) is 4.47 Å². The molecule has 96 valence electrons. The van der Waals surface area contributed by atoms with E-state index in [-0.39, 0.29) is 11.6 Å². The zero-order valence-electron chi connectivity index (χ0n) is 9.94. The monoisotopic (exact) mass is 319 g/mol. The number of halogens is 2. The number of nitrogens with one attached hydrogen (secondary N) is 1. The molecule has 2 aromatic rings. The highest BCUT2D eigenvalue weighted by Crippen LogP contribution is 2.19. The molecule has 0 aliphatic rings. The Balaban J connectivity index is 2.00. The van der Waals surface area contributed by atoms with E-state index in [2.05, 4.69) is 21.2 Å². The van der Waals surface area contributed by atoms with Gasteiger partial charge in [0.2, 0.25) is 0 Å². The van der Waals surface area contributed by atoms with Gasteiger partial charge < -0.3 is 5.32 Å². The van der Waals surface area contributed by atoms with E-state index in [9.17, 15) is 9.18 Å². The molecule has 0 aliphatic carbocycles. The van der Waals surface area contributed by atoms with Crippen LogP contribution in [0.5, 0.6) is 0 Å². The Labute approximate surface area is 119 Å². The lowest BCUT2D eigenvalue weighted by molar-refractivity contribution is 0.104. The van der Waals surface area contributed by atoms with E-state index in [0.29, 0.717) is 15.7 Å². The van der Waals surface area contributed by atoms with Gasteiger partial charge in [-0.2, -0.15) is 0 Å². The standard InChI is InChI=1S/C15H11BrFNO/c16-13-10-12(6-7-14(13)17)18-9-8-15(19)11-4-2-1-3-5-11/h1-10,18H. The number of hydrogen-bond acceptors (Lipinski definition) is 2. The molecule has 0 saturated carbocycles. The lowest BCUT2D eigenvalue weighted by Crippen LogP contribution is -1.96. The lowest BCUT2D eigenvalue weighted by Gasteiger charge is -2.01. The Morgan fingerprint density at radius 3 is 2.58 bits per heavy atom. The summed E-state index contributed by atoms with van der Waals surface area (Å²) in [6, 6.07) is 13.5. The number of allylic oxidation sites excluding steroid dienone is 1. The molecule has 2 aromatic carbocycles. The number of rotatable bonds is 4. The van der Waals surface area contributed by atoms with Gasteiger partial charge in [0.15, 0.2) is 5.78 Å². The van der Waals surface area contributed by atoms with Gasteiger partial charge in [-0.25, -0.2) is 4.39 Å². The van der Waals surface area contributed by atoms with Gasteiger partial charge in [-0.15, -0.1) is 0 Å². The van der Waals surface area contributed by atoms with Crippen LogP contribution in [0.1, 0.15) is 10.4 Å². The van der Waals surface area contributed by atoms with Crippen LogP contribution in [0.25, 0.3) is 0 Å². The van der Waals surface area contributed by atoms with E-state index < -0.39 is 0 Å². The largest absolute Gasteiger partial charge is 0.362 e. The average Bonchev–Trinajstić information content (AvgIpc) is 2.43. The minimum Gasteiger partial charge on any atom is -0.362 e. The second kappa shape index (κ2) is 6.29. The molecule has 2 rings (SSSR count). The summed E-state index contributed by atoms with van der Waals surface area (Å²) in [7, 11) is 0. The van der Waals surface area contributed by atoms with Crippen molar-refractivity contribution in [2.45, 2.75) is 0 Å². The third kappa shape index (κ3) is 3.76. The van der Waals surface area contributed by atoms with Crippen LogP contribution in [-0.4, -0.2) is 5.78 Å². The summed E-state index contributed by atoms with van der Waals surface area (Å²) in [6.45, 7) is 0. The van der Waals surface area contributed by atoms with Gasteiger partial charge in [-0.05, 0) is 34.1 Å². The molecule has 0 aliphatic heterocycles. The Morgan fingerprint density at radius 1 is 1.16 bits per heavy atom. The molecule has 0 heterocycles. The summed E-state index contributed by atoms with van der Waals surface area (Å²) >= 11 is 3.10. The first-order valence-corrected chi connectivity index (χ1v) is 6.43. The first kappa shape index (κ1) is 13.5. The Morgan fingerprint density at radius 2 is 1.89 bits per heavy atom. The highest BCUT2D eigenvalue weighted by atomic mass is 79.9. The van der Waals surface area contributed by atoms with Crippen LogP contribution in [0, 0.1) is 5.82 Å². The summed E-state index contributed by atoms with van der Waals surface area (Å²) in [5, 5.41) is 2.92. The van der Waals surface area contributed by atoms with Crippen molar-refractivity contribution in [3.8, 4) is 0 Å². The van der Waals surface area contributed by atoms with Crippen LogP contribution in [-0.2, 0) is 0 Å². The molecule has 0 radical (unpaired) electrons. The van der Waals surface area contributed by atoms with E-state index in [1.54, 1.807) is 24.3 Å². The third-order valence-corrected chi connectivity index (χ3v) is 3.07. The van der Waals surface area contributed by atoms with Crippen molar-refractivity contribution in [3.05, 3.63) is 76.7 Å². The first-order valence-electron chi connectivity index (χ1n) is 5.64. The van der Waals surface area contributed by atoms with Gasteiger partial charge in [0, 0.05) is 23.5 Å². The van der Waals surface area contributed by atoms with Crippen LogP contribution in [0.2, 0.25) is 0 Å². The van der Waals surface area contributed by atoms with Crippen molar-refractivity contribution in [1.82, 2.24) is 0 Å². The van der Waals surface area contributed by atoms with Crippen molar-refractivity contribution >= 4 is 27.4 Å². The maximum absolute atomic E-state index is 13.0. The van der Waals surface area contributed by atoms with E-state index in [4.69, 9.17) is 0 Å². The predicted molar refractivity (Wildman–Crippen MR) is 77.6 cm³/mol. The molecule has 0 aromatic heterocycles. The molecular weight excluding hydrogens is 309 g/mol. The van der Waals surface area contributed by atoms with Crippen molar-refractivity contribution < 1.29 is 9.18 Å². The van der Waals surface area contributed by atoms with Crippen molar-refractivity contribution in [2.24, 2.45) is 0 Å². The molecule has 1 N–H and O–H groups in total. The quantitative estimate of drug-likeness (QED) is 0.668. The Bertz CT molecular complexity index is 611. The molecule has 2 nitrogen and oxygen atoms in total. The molecule has 0 spiro atoms. The Hall–Kier alpha value is -1.94. The summed E-state index contributed by atoms with van der Waals surface area (Å²) in [4.78, 5) is 11.8. The number of anilines is 1. The SMILES string of the molecule is O=C(C=CNc1ccc(F)c(Br)c1)c1ccccc1. The van der Waals surface area contributed by atoms with Gasteiger partial charge in [0.25, 0.3) is 0 Å². The van der Waals surface area contributed by atoms with Crippen LogP contribution in [0.15, 0.2) is 65.3 Å². The molecule has 4 heteroatoms. The lowest BCUT2D eigenvalue weighted by atomic mass is 10.1. The summed E-state index contributed by atoms with van der Waals surface area (Å²) in [6.07, 6.45) is 2.97. The zero-order chi connectivity index (χ0) is 13.7. The second-order valence-electron chi connectivity index (χ2n) is 3.84. The Kier molecular flexibility index (Phi) is 4.47. The highest BCUT2D eigenvalue weighted by Gasteiger charge is 2.00. The van der Waals surface area contributed by atoms with Crippen LogP contribution in [0.4, 0.5) is 10.1 Å². The first-order chi connectivity index (χ1) is 9.16. The molecule has 19 heavy (non-hydrogen) atoms. The zero-order valence-corrected chi connectivity index (χ0v) is 11.5. The second-order valence-corrected chi connectivity index (χ2v) is 4.69. The fourth-order valence-electron chi connectivity index (χ4n) is 1.50. The number of carbonyl (C=O) groups excluding carboxylic acids is 1. The van der Waals surface area contributed by atoms with Crippen LogP contribution < -0.4 is 5.32 Å². The van der Waals surface area contributed by atoms with Gasteiger partial charge >= 0.3 is 0 Å². The highest BCUT2D eigenvalue weighted by molar-refractivity contribution is 9.10. The van der Waals surface area contributed by atoms with Crippen molar-refractivity contribution in [3.63, 3.8) is 0 Å². The fourth-order valence-corrected chi connectivity index (χ4v) is 1.88. The average molecular weight is 320 g/mol. The van der Waals surface area contributed by atoms with Gasteiger partial charge in [-0.1, -0.05) is 30.3 Å². The number of hydrogen-bond donors (Lipinski definition) is 1. The van der Waals surface area contributed by atoms with Gasteiger partial charge in [0.1, 0.15) is 5.82 Å². The molecule has 0 bridgehead atoms.